The van der Waals surface area contributed by atoms with Crippen molar-refractivity contribution >= 4 is 17.4 Å². The van der Waals surface area contributed by atoms with Gasteiger partial charge in [-0.15, -0.1) is 0 Å². The number of Topliss-reactive ketones (excluding diaryl/α,β-unsaturated/α-hetero) is 1. The third kappa shape index (κ3) is 4.96. The van der Waals surface area contributed by atoms with Crippen LogP contribution < -0.4 is 14.2 Å². The summed E-state index contributed by atoms with van der Waals surface area (Å²) in [7, 11) is 4.52. The van der Waals surface area contributed by atoms with E-state index in [9.17, 15) is 14.7 Å². The van der Waals surface area contributed by atoms with Crippen LogP contribution in [0, 0.1) is 0 Å². The van der Waals surface area contributed by atoms with E-state index in [1.807, 2.05) is 36.4 Å². The molecule has 1 fully saturated rings. The molecule has 1 amide bonds. The van der Waals surface area contributed by atoms with E-state index in [1.54, 1.807) is 37.4 Å². The molecule has 0 bridgehead atoms. The lowest BCUT2D eigenvalue weighted by molar-refractivity contribution is -0.140. The molecule has 1 unspecified atom stereocenters. The highest BCUT2D eigenvalue weighted by atomic mass is 16.5. The Bertz CT molecular complexity index is 1340. The van der Waals surface area contributed by atoms with Gasteiger partial charge in [0.2, 0.25) is 0 Å². The molecule has 0 aromatic heterocycles. The highest BCUT2D eigenvalue weighted by molar-refractivity contribution is 6.46. The van der Waals surface area contributed by atoms with Gasteiger partial charge in [-0.3, -0.25) is 9.59 Å². The number of hydrogen-bond donors (Lipinski definition) is 1. The number of carbonyl (C=O) groups is 2. The summed E-state index contributed by atoms with van der Waals surface area (Å²) in [5, 5.41) is 11.6. The molecule has 7 heteroatoms. The summed E-state index contributed by atoms with van der Waals surface area (Å²) in [6.45, 7) is 6.52. The van der Waals surface area contributed by atoms with Crippen LogP contribution in [0.25, 0.3) is 5.76 Å². The molecule has 0 radical (unpaired) electrons. The number of ether oxygens (including phenoxy) is 3. The average Bonchev–Trinajstić information content (AvgIpc) is 3.17. The Balaban J connectivity index is 1.90. The minimum absolute atomic E-state index is 0.0187. The van der Waals surface area contributed by atoms with Crippen molar-refractivity contribution in [2.75, 3.05) is 21.3 Å². The normalized spacial score (nSPS) is 17.0. The fourth-order valence-electron chi connectivity index (χ4n) is 4.70. The summed E-state index contributed by atoms with van der Waals surface area (Å²) in [4.78, 5) is 28.5. The van der Waals surface area contributed by atoms with E-state index in [4.69, 9.17) is 14.2 Å². The predicted molar refractivity (Wildman–Crippen MR) is 146 cm³/mol. The Morgan fingerprint density at radius 2 is 1.42 bits per heavy atom. The van der Waals surface area contributed by atoms with E-state index in [2.05, 4.69) is 20.8 Å². The smallest absolute Gasteiger partial charge is 0.295 e. The molecule has 1 N–H and O–H groups in total. The largest absolute Gasteiger partial charge is 0.506 e. The van der Waals surface area contributed by atoms with Gasteiger partial charge in [0, 0.05) is 6.54 Å². The first-order valence-electron chi connectivity index (χ1n) is 12.3. The molecule has 0 spiro atoms. The second-order valence-electron chi connectivity index (χ2n) is 10.2. The summed E-state index contributed by atoms with van der Waals surface area (Å²) >= 11 is 0. The summed E-state index contributed by atoms with van der Waals surface area (Å²) in [6, 6.07) is 19.3. The van der Waals surface area contributed by atoms with Crippen LogP contribution in [0.4, 0.5) is 0 Å². The molecule has 1 atom stereocenters. The van der Waals surface area contributed by atoms with Gasteiger partial charge in [0.05, 0.1) is 32.9 Å². The van der Waals surface area contributed by atoms with Gasteiger partial charge < -0.3 is 24.2 Å². The van der Waals surface area contributed by atoms with Gasteiger partial charge in [0.1, 0.15) is 28.6 Å². The Hall–Kier alpha value is -4.26. The lowest BCUT2D eigenvalue weighted by atomic mass is 9.85. The number of carbonyl (C=O) groups excluding carboxylic acids is 2. The molecule has 4 rings (SSSR count). The number of aliphatic hydroxyl groups is 1. The molecule has 7 nitrogen and oxygen atoms in total. The number of aliphatic hydroxyl groups excluding tert-OH is 1. The summed E-state index contributed by atoms with van der Waals surface area (Å²) in [5.41, 5.74) is 2.76. The van der Waals surface area contributed by atoms with Crippen LogP contribution in [-0.2, 0) is 21.5 Å². The molecular weight excluding hydrogens is 482 g/mol. The van der Waals surface area contributed by atoms with E-state index in [0.29, 0.717) is 22.8 Å². The highest BCUT2D eigenvalue weighted by Gasteiger charge is 2.46. The minimum atomic E-state index is -0.819. The van der Waals surface area contributed by atoms with Crippen molar-refractivity contribution in [1.29, 1.82) is 0 Å². The van der Waals surface area contributed by atoms with Gasteiger partial charge in [0.15, 0.2) is 0 Å². The van der Waals surface area contributed by atoms with Crippen LogP contribution in [0.2, 0.25) is 0 Å². The monoisotopic (exact) mass is 515 g/mol. The number of hydrogen-bond acceptors (Lipinski definition) is 6. The van der Waals surface area contributed by atoms with Gasteiger partial charge in [0.25, 0.3) is 11.7 Å². The number of methoxy groups -OCH3 is 3. The van der Waals surface area contributed by atoms with Crippen molar-refractivity contribution < 1.29 is 28.9 Å². The quantitative estimate of drug-likeness (QED) is 0.249. The maximum Gasteiger partial charge on any atom is 0.295 e. The zero-order chi connectivity index (χ0) is 27.6. The minimum Gasteiger partial charge on any atom is -0.506 e. The van der Waals surface area contributed by atoms with Crippen molar-refractivity contribution in [3.8, 4) is 17.2 Å². The summed E-state index contributed by atoms with van der Waals surface area (Å²) in [6.07, 6.45) is 0. The topological polar surface area (TPSA) is 85.3 Å². The first kappa shape index (κ1) is 26.8. The van der Waals surface area contributed by atoms with Crippen LogP contribution in [0.15, 0.2) is 72.3 Å². The standard InChI is InChI=1S/C31H33NO6/c1-31(2,3)21-14-12-20(13-15-21)27-26(28(33)25-23(37-5)8-7-9-24(25)38-6)29(34)30(35)32(27)18-19-10-16-22(36-4)17-11-19/h7-17,27,33H,18H2,1-6H3/b28-26+. The van der Waals surface area contributed by atoms with Crippen LogP contribution in [-0.4, -0.2) is 43.0 Å². The van der Waals surface area contributed by atoms with E-state index < -0.39 is 17.7 Å². The summed E-state index contributed by atoms with van der Waals surface area (Å²) < 4.78 is 16.2. The number of likely N-dealkylation sites (tertiary alicyclic amines) is 1. The Morgan fingerprint density at radius 1 is 0.842 bits per heavy atom. The second-order valence-corrected chi connectivity index (χ2v) is 10.2. The number of nitrogens with zero attached hydrogens (tertiary/aromatic N) is 1. The first-order valence-corrected chi connectivity index (χ1v) is 12.3. The Morgan fingerprint density at radius 3 is 1.92 bits per heavy atom. The molecule has 38 heavy (non-hydrogen) atoms. The van der Waals surface area contributed by atoms with E-state index in [-0.39, 0.29) is 28.9 Å². The first-order chi connectivity index (χ1) is 18.1. The van der Waals surface area contributed by atoms with E-state index >= 15 is 0 Å². The molecule has 198 valence electrons. The molecular formula is C31H33NO6. The van der Waals surface area contributed by atoms with E-state index in [0.717, 1.165) is 11.1 Å². The Labute approximate surface area is 223 Å². The third-order valence-corrected chi connectivity index (χ3v) is 6.81. The lowest BCUT2D eigenvalue weighted by Crippen LogP contribution is -2.29. The van der Waals surface area contributed by atoms with Crippen LogP contribution in [0.3, 0.4) is 0 Å². The fraction of sp³-hybridized carbons (Fsp3) is 0.290. The maximum atomic E-state index is 13.5. The SMILES string of the molecule is COc1ccc(CN2C(=O)C(=O)/C(=C(/O)c3c(OC)cccc3OC)C2c2ccc(C(C)(C)C)cc2)cc1. The van der Waals surface area contributed by atoms with Gasteiger partial charge in [-0.25, -0.2) is 0 Å². The Kier molecular flexibility index (Phi) is 7.49. The number of benzene rings is 3. The molecule has 1 aliphatic rings. The average molecular weight is 516 g/mol. The summed E-state index contributed by atoms with van der Waals surface area (Å²) in [5.74, 6) is -0.474. The van der Waals surface area contributed by atoms with Crippen molar-refractivity contribution in [2.45, 2.75) is 38.8 Å². The molecule has 3 aromatic rings. The van der Waals surface area contributed by atoms with Crippen LogP contribution in [0.5, 0.6) is 17.2 Å². The molecule has 0 aliphatic carbocycles. The highest BCUT2D eigenvalue weighted by Crippen LogP contribution is 2.44. The van der Waals surface area contributed by atoms with Crippen molar-refractivity contribution in [3.63, 3.8) is 0 Å². The number of amides is 1. The van der Waals surface area contributed by atoms with Gasteiger partial charge in [-0.1, -0.05) is 63.2 Å². The van der Waals surface area contributed by atoms with Crippen LogP contribution in [0.1, 0.15) is 49.1 Å². The zero-order valence-corrected chi connectivity index (χ0v) is 22.6. The zero-order valence-electron chi connectivity index (χ0n) is 22.6. The molecule has 0 saturated carbocycles. The van der Waals surface area contributed by atoms with E-state index in [1.165, 1.54) is 19.1 Å². The number of ketones is 1. The maximum absolute atomic E-state index is 13.5. The van der Waals surface area contributed by atoms with Gasteiger partial charge >= 0.3 is 0 Å². The molecule has 1 aliphatic heterocycles. The fourth-order valence-corrected chi connectivity index (χ4v) is 4.70. The molecule has 1 saturated heterocycles. The lowest BCUT2D eigenvalue weighted by Gasteiger charge is -2.27. The predicted octanol–water partition coefficient (Wildman–Crippen LogP) is 5.63. The molecule has 1 heterocycles. The van der Waals surface area contributed by atoms with Gasteiger partial charge in [-0.2, -0.15) is 0 Å². The second kappa shape index (κ2) is 10.6. The molecule has 3 aromatic carbocycles. The number of rotatable bonds is 7. The van der Waals surface area contributed by atoms with Crippen molar-refractivity contribution in [2.24, 2.45) is 0 Å². The van der Waals surface area contributed by atoms with Crippen molar-refractivity contribution in [1.82, 2.24) is 4.90 Å². The van der Waals surface area contributed by atoms with Crippen molar-refractivity contribution in [3.05, 3.63) is 94.6 Å². The van der Waals surface area contributed by atoms with Gasteiger partial charge in [-0.05, 0) is 46.4 Å². The van der Waals surface area contributed by atoms with Crippen LogP contribution >= 0.6 is 0 Å². The third-order valence-electron chi connectivity index (χ3n) is 6.81.